The number of nitrogens with zero attached hydrogens (tertiary/aromatic N) is 2. The molecule has 0 aliphatic heterocycles. The summed E-state index contributed by atoms with van der Waals surface area (Å²) < 4.78 is 0. The van der Waals surface area contributed by atoms with Gasteiger partial charge in [-0.2, -0.15) is 0 Å². The van der Waals surface area contributed by atoms with Crippen LogP contribution in [-0.4, -0.2) is 9.97 Å². The van der Waals surface area contributed by atoms with Crippen LogP contribution in [0.5, 0.6) is 0 Å². The van der Waals surface area contributed by atoms with Gasteiger partial charge < -0.3 is 0 Å². The summed E-state index contributed by atoms with van der Waals surface area (Å²) >= 11 is 0. The van der Waals surface area contributed by atoms with Crippen molar-refractivity contribution in [2.45, 2.75) is 37.5 Å². The molecule has 8 aromatic rings. The smallest absolute Gasteiger partial charge is 0.160 e. The third kappa shape index (κ3) is 4.34. The van der Waals surface area contributed by atoms with E-state index in [9.17, 15) is 0 Å². The van der Waals surface area contributed by atoms with Crippen molar-refractivity contribution in [3.05, 3.63) is 169 Å². The SMILES string of the molecule is c1ccc(-c2cc(-c3c(-c4cccc5c4-c4cc6ccccc6cc4C54C5CC6CC(C5)CC4C6)ccc4ccccc34)nc(-c3ccccc3)n2)cc1. The van der Waals surface area contributed by atoms with Gasteiger partial charge in [-0.25, -0.2) is 9.97 Å². The minimum atomic E-state index is 0.0744. The first-order chi connectivity index (χ1) is 26.7. The maximum atomic E-state index is 5.45. The molecule has 0 atom stereocenters. The highest BCUT2D eigenvalue weighted by molar-refractivity contribution is 6.08. The molecule has 5 aliphatic rings. The molecule has 1 heterocycles. The van der Waals surface area contributed by atoms with E-state index >= 15 is 0 Å². The Morgan fingerprint density at radius 2 is 1.02 bits per heavy atom. The van der Waals surface area contributed by atoms with Crippen molar-refractivity contribution in [1.29, 1.82) is 0 Å². The predicted molar refractivity (Wildman–Crippen MR) is 222 cm³/mol. The Morgan fingerprint density at radius 1 is 0.407 bits per heavy atom. The van der Waals surface area contributed by atoms with Crippen molar-refractivity contribution in [1.82, 2.24) is 9.97 Å². The molecule has 5 aliphatic carbocycles. The fourth-order valence-electron chi connectivity index (χ4n) is 12.0. The van der Waals surface area contributed by atoms with E-state index in [-0.39, 0.29) is 5.41 Å². The molecule has 0 amide bonds. The zero-order valence-electron chi connectivity index (χ0n) is 30.3. The van der Waals surface area contributed by atoms with Gasteiger partial charge in [-0.1, -0.05) is 140 Å². The summed E-state index contributed by atoms with van der Waals surface area (Å²) in [6.07, 6.45) is 6.94. The zero-order valence-corrected chi connectivity index (χ0v) is 30.3. The van der Waals surface area contributed by atoms with Gasteiger partial charge in [0.25, 0.3) is 0 Å². The van der Waals surface area contributed by atoms with E-state index in [1.54, 1.807) is 11.1 Å². The Bertz CT molecular complexity index is 2700. The molecule has 54 heavy (non-hydrogen) atoms. The average molecular weight is 693 g/mol. The molecule has 4 saturated carbocycles. The lowest BCUT2D eigenvalue weighted by molar-refractivity contribution is -0.0398. The quantitative estimate of drug-likeness (QED) is 0.183. The van der Waals surface area contributed by atoms with Crippen molar-refractivity contribution >= 4 is 21.5 Å². The molecule has 258 valence electrons. The second kappa shape index (κ2) is 11.6. The zero-order chi connectivity index (χ0) is 35.4. The van der Waals surface area contributed by atoms with Crippen molar-refractivity contribution in [2.24, 2.45) is 23.7 Å². The van der Waals surface area contributed by atoms with E-state index in [1.165, 1.54) is 81.5 Å². The van der Waals surface area contributed by atoms with Gasteiger partial charge in [0, 0.05) is 22.1 Å². The lowest BCUT2D eigenvalue weighted by atomic mass is 9.43. The van der Waals surface area contributed by atoms with Gasteiger partial charge in [0.05, 0.1) is 11.4 Å². The second-order valence-corrected chi connectivity index (χ2v) is 16.5. The normalized spacial score (nSPS) is 23.3. The highest BCUT2D eigenvalue weighted by atomic mass is 14.9. The topological polar surface area (TPSA) is 25.8 Å². The van der Waals surface area contributed by atoms with Gasteiger partial charge in [0.15, 0.2) is 5.82 Å². The number of rotatable bonds is 4. The Morgan fingerprint density at radius 3 is 1.76 bits per heavy atom. The number of fused-ring (bicyclic) bond motifs is 5. The summed E-state index contributed by atoms with van der Waals surface area (Å²) in [5.41, 5.74) is 13.9. The Labute approximate surface area is 316 Å². The molecule has 7 aromatic carbocycles. The number of aromatic nitrogens is 2. The van der Waals surface area contributed by atoms with Crippen molar-refractivity contribution in [3.63, 3.8) is 0 Å². The third-order valence-electron chi connectivity index (χ3n) is 13.8. The largest absolute Gasteiger partial charge is 0.228 e. The molecule has 1 aromatic heterocycles. The molecule has 4 fully saturated rings. The first-order valence-corrected chi connectivity index (χ1v) is 19.9. The van der Waals surface area contributed by atoms with E-state index in [0.29, 0.717) is 11.8 Å². The van der Waals surface area contributed by atoms with Crippen LogP contribution >= 0.6 is 0 Å². The van der Waals surface area contributed by atoms with E-state index in [1.807, 2.05) is 0 Å². The summed E-state index contributed by atoms with van der Waals surface area (Å²) in [4.78, 5) is 10.6. The molecule has 0 unspecified atom stereocenters. The van der Waals surface area contributed by atoms with Crippen LogP contribution < -0.4 is 0 Å². The van der Waals surface area contributed by atoms with E-state index in [4.69, 9.17) is 9.97 Å². The number of hydrogen-bond acceptors (Lipinski definition) is 2. The molecule has 0 N–H and O–H groups in total. The molecule has 2 nitrogen and oxygen atoms in total. The molecule has 4 bridgehead atoms. The van der Waals surface area contributed by atoms with E-state index < -0.39 is 0 Å². The van der Waals surface area contributed by atoms with Gasteiger partial charge in [-0.05, 0) is 129 Å². The second-order valence-electron chi connectivity index (χ2n) is 16.5. The number of hydrogen-bond donors (Lipinski definition) is 0. The molecule has 2 heteroatoms. The monoisotopic (exact) mass is 692 g/mol. The average Bonchev–Trinajstić information content (AvgIpc) is 3.51. The summed E-state index contributed by atoms with van der Waals surface area (Å²) in [6, 6.07) is 58.3. The van der Waals surface area contributed by atoms with Crippen LogP contribution in [0.15, 0.2) is 158 Å². The minimum absolute atomic E-state index is 0.0744. The maximum absolute atomic E-state index is 5.45. The lowest BCUT2D eigenvalue weighted by Crippen LogP contribution is -2.55. The minimum Gasteiger partial charge on any atom is -0.228 e. The van der Waals surface area contributed by atoms with E-state index in [2.05, 4.69) is 158 Å². The summed E-state index contributed by atoms with van der Waals surface area (Å²) in [7, 11) is 0. The molecule has 13 rings (SSSR count). The fourth-order valence-corrected chi connectivity index (χ4v) is 12.0. The summed E-state index contributed by atoms with van der Waals surface area (Å²) in [5, 5.41) is 5.12. The van der Waals surface area contributed by atoms with Crippen LogP contribution in [0.1, 0.15) is 43.2 Å². The predicted octanol–water partition coefficient (Wildman–Crippen LogP) is 13.2. The highest BCUT2D eigenvalue weighted by Crippen LogP contribution is 2.70. The molecular weight excluding hydrogens is 653 g/mol. The first-order valence-electron chi connectivity index (χ1n) is 19.9. The summed E-state index contributed by atoms with van der Waals surface area (Å²) in [5.74, 6) is 3.94. The van der Waals surface area contributed by atoms with Gasteiger partial charge in [0.1, 0.15) is 0 Å². The van der Waals surface area contributed by atoms with Gasteiger partial charge in [-0.3, -0.25) is 0 Å². The Balaban J connectivity index is 1.16. The van der Waals surface area contributed by atoms with Crippen LogP contribution in [0.25, 0.3) is 77.7 Å². The van der Waals surface area contributed by atoms with Gasteiger partial charge >= 0.3 is 0 Å². The Hall–Kier alpha value is -5.86. The fraction of sp³-hybridized carbons (Fsp3) is 0.192. The van der Waals surface area contributed by atoms with Crippen LogP contribution in [-0.2, 0) is 5.41 Å². The molecule has 0 saturated heterocycles. The highest BCUT2D eigenvalue weighted by Gasteiger charge is 2.61. The van der Waals surface area contributed by atoms with Crippen molar-refractivity contribution < 1.29 is 0 Å². The van der Waals surface area contributed by atoms with Crippen molar-refractivity contribution in [3.8, 4) is 56.2 Å². The standard InChI is InChI=1S/C52H40N2/c1-3-13-35(14-4-1)47-31-48(54-51(53-47)36-15-5-2-6-16-36)50-41-19-10-9-12-34(41)22-23-43(50)42-20-11-21-45-49(42)44-29-37-17-7-8-18-38(37)30-46(44)52(45)39-25-32-24-33(27-39)28-40(52)26-32/h1-23,29-33,39-40H,24-28H2. The molecule has 0 radical (unpaired) electrons. The lowest BCUT2D eigenvalue weighted by Gasteiger charge is -2.61. The van der Waals surface area contributed by atoms with Crippen LogP contribution in [0.4, 0.5) is 0 Å². The Kier molecular flexibility index (Phi) is 6.55. The first kappa shape index (κ1) is 30.6. The van der Waals surface area contributed by atoms with Crippen LogP contribution in [0.2, 0.25) is 0 Å². The molecular formula is C52H40N2. The molecule has 1 spiro atoms. The van der Waals surface area contributed by atoms with Crippen LogP contribution in [0.3, 0.4) is 0 Å². The van der Waals surface area contributed by atoms with E-state index in [0.717, 1.165) is 40.2 Å². The summed E-state index contributed by atoms with van der Waals surface area (Å²) in [6.45, 7) is 0. The number of benzene rings is 7. The van der Waals surface area contributed by atoms with Crippen LogP contribution in [0, 0.1) is 23.7 Å². The maximum Gasteiger partial charge on any atom is 0.160 e. The van der Waals surface area contributed by atoms with Gasteiger partial charge in [-0.15, -0.1) is 0 Å². The third-order valence-corrected chi connectivity index (χ3v) is 13.8. The van der Waals surface area contributed by atoms with Crippen molar-refractivity contribution in [2.75, 3.05) is 0 Å². The van der Waals surface area contributed by atoms with Gasteiger partial charge in [0.2, 0.25) is 0 Å².